The molecule has 0 unspecified atom stereocenters. The Kier molecular flexibility index (Phi) is 5.00. The van der Waals surface area contributed by atoms with E-state index in [0.29, 0.717) is 18.7 Å². The standard InChI is InChI=1S/C16H17FN2O2/c1-2-19(11-14-5-3-4-8-18-14)10-13-7-6-12(16(20)21)9-15(13)17/h3-9H,2,10-11H2,1H3,(H,20,21). The predicted octanol–water partition coefficient (Wildman–Crippen LogP) is 2.94. The number of carboxylic acids is 1. The molecule has 0 spiro atoms. The van der Waals surface area contributed by atoms with E-state index in [1.165, 1.54) is 12.1 Å². The van der Waals surface area contributed by atoms with Crippen LogP contribution in [0.15, 0.2) is 42.6 Å². The van der Waals surface area contributed by atoms with Gasteiger partial charge in [0, 0.05) is 24.8 Å². The summed E-state index contributed by atoms with van der Waals surface area (Å²) in [4.78, 5) is 17.1. The summed E-state index contributed by atoms with van der Waals surface area (Å²) >= 11 is 0. The fraction of sp³-hybridized carbons (Fsp3) is 0.250. The molecule has 0 aliphatic rings. The predicted molar refractivity (Wildman–Crippen MR) is 77.4 cm³/mol. The number of hydrogen-bond donors (Lipinski definition) is 1. The van der Waals surface area contributed by atoms with Crippen LogP contribution in [0.5, 0.6) is 0 Å². The Balaban J connectivity index is 2.10. The molecule has 0 fully saturated rings. The summed E-state index contributed by atoms with van der Waals surface area (Å²) in [6.45, 7) is 3.78. The molecule has 0 aliphatic carbocycles. The number of aromatic nitrogens is 1. The van der Waals surface area contributed by atoms with Crippen molar-refractivity contribution >= 4 is 5.97 Å². The molecule has 110 valence electrons. The first-order chi connectivity index (χ1) is 10.1. The van der Waals surface area contributed by atoms with Crippen molar-refractivity contribution in [2.24, 2.45) is 0 Å². The largest absolute Gasteiger partial charge is 0.478 e. The molecule has 0 atom stereocenters. The highest BCUT2D eigenvalue weighted by Gasteiger charge is 2.12. The summed E-state index contributed by atoms with van der Waals surface area (Å²) in [5.74, 6) is -1.62. The molecule has 0 saturated carbocycles. The maximum atomic E-state index is 13.9. The van der Waals surface area contributed by atoms with Gasteiger partial charge in [-0.3, -0.25) is 9.88 Å². The van der Waals surface area contributed by atoms with Crippen molar-refractivity contribution in [1.29, 1.82) is 0 Å². The molecule has 2 aromatic rings. The van der Waals surface area contributed by atoms with Gasteiger partial charge in [0.25, 0.3) is 0 Å². The van der Waals surface area contributed by atoms with Crippen LogP contribution in [0.3, 0.4) is 0 Å². The summed E-state index contributed by atoms with van der Waals surface area (Å²) in [7, 11) is 0. The van der Waals surface area contributed by atoms with Gasteiger partial charge in [-0.15, -0.1) is 0 Å². The van der Waals surface area contributed by atoms with E-state index in [-0.39, 0.29) is 5.56 Å². The van der Waals surface area contributed by atoms with E-state index in [4.69, 9.17) is 5.11 Å². The van der Waals surface area contributed by atoms with Crippen molar-refractivity contribution in [3.63, 3.8) is 0 Å². The molecular formula is C16H17FN2O2. The van der Waals surface area contributed by atoms with Crippen LogP contribution in [-0.4, -0.2) is 27.5 Å². The van der Waals surface area contributed by atoms with Crippen LogP contribution in [0.1, 0.15) is 28.5 Å². The number of hydrogen-bond acceptors (Lipinski definition) is 3. The third-order valence-electron chi connectivity index (χ3n) is 3.25. The van der Waals surface area contributed by atoms with E-state index in [0.717, 1.165) is 18.3 Å². The smallest absolute Gasteiger partial charge is 0.335 e. The zero-order chi connectivity index (χ0) is 15.2. The monoisotopic (exact) mass is 288 g/mol. The number of rotatable bonds is 6. The molecular weight excluding hydrogens is 271 g/mol. The van der Waals surface area contributed by atoms with Gasteiger partial charge < -0.3 is 5.11 Å². The topological polar surface area (TPSA) is 53.4 Å². The number of carbonyl (C=O) groups is 1. The number of pyridine rings is 1. The van der Waals surface area contributed by atoms with Crippen LogP contribution < -0.4 is 0 Å². The first-order valence-electron chi connectivity index (χ1n) is 6.74. The first kappa shape index (κ1) is 15.1. The van der Waals surface area contributed by atoms with Gasteiger partial charge in [0.2, 0.25) is 0 Å². The second-order valence-electron chi connectivity index (χ2n) is 4.74. The highest BCUT2D eigenvalue weighted by Crippen LogP contribution is 2.14. The molecule has 5 heteroatoms. The van der Waals surface area contributed by atoms with Gasteiger partial charge in [0.05, 0.1) is 11.3 Å². The van der Waals surface area contributed by atoms with Gasteiger partial charge in [0.1, 0.15) is 5.82 Å². The summed E-state index contributed by atoms with van der Waals surface area (Å²) in [5.41, 5.74) is 1.36. The Morgan fingerprint density at radius 3 is 2.67 bits per heavy atom. The van der Waals surface area contributed by atoms with E-state index in [1.807, 2.05) is 30.0 Å². The second kappa shape index (κ2) is 6.95. The van der Waals surface area contributed by atoms with E-state index < -0.39 is 11.8 Å². The van der Waals surface area contributed by atoms with Crippen molar-refractivity contribution < 1.29 is 14.3 Å². The number of halogens is 1. The zero-order valence-corrected chi connectivity index (χ0v) is 11.8. The lowest BCUT2D eigenvalue weighted by Crippen LogP contribution is -2.23. The maximum absolute atomic E-state index is 13.9. The Morgan fingerprint density at radius 2 is 2.10 bits per heavy atom. The van der Waals surface area contributed by atoms with Gasteiger partial charge in [-0.05, 0) is 30.8 Å². The molecule has 0 radical (unpaired) electrons. The average Bonchev–Trinajstić information content (AvgIpc) is 2.49. The van der Waals surface area contributed by atoms with Crippen molar-refractivity contribution in [2.75, 3.05) is 6.54 Å². The van der Waals surface area contributed by atoms with Crippen LogP contribution in [0.2, 0.25) is 0 Å². The van der Waals surface area contributed by atoms with E-state index in [2.05, 4.69) is 4.98 Å². The molecule has 2 rings (SSSR count). The van der Waals surface area contributed by atoms with E-state index in [9.17, 15) is 9.18 Å². The molecule has 0 aliphatic heterocycles. The van der Waals surface area contributed by atoms with Gasteiger partial charge in [-0.1, -0.05) is 19.1 Å². The van der Waals surface area contributed by atoms with E-state index in [1.54, 1.807) is 6.20 Å². The fourth-order valence-electron chi connectivity index (χ4n) is 2.05. The number of benzene rings is 1. The third kappa shape index (κ3) is 4.10. The van der Waals surface area contributed by atoms with Gasteiger partial charge in [0.15, 0.2) is 0 Å². The molecule has 0 saturated heterocycles. The number of aromatic carboxylic acids is 1. The number of carboxylic acid groups (broad SMARTS) is 1. The van der Waals surface area contributed by atoms with Crippen LogP contribution in [0, 0.1) is 5.82 Å². The Labute approximate surface area is 122 Å². The quantitative estimate of drug-likeness (QED) is 0.888. The lowest BCUT2D eigenvalue weighted by Gasteiger charge is -2.20. The van der Waals surface area contributed by atoms with Crippen molar-refractivity contribution in [3.05, 3.63) is 65.2 Å². The Hall–Kier alpha value is -2.27. The minimum absolute atomic E-state index is 0.0379. The molecule has 21 heavy (non-hydrogen) atoms. The molecule has 0 amide bonds. The third-order valence-corrected chi connectivity index (χ3v) is 3.25. The lowest BCUT2D eigenvalue weighted by atomic mass is 10.1. The first-order valence-corrected chi connectivity index (χ1v) is 6.74. The summed E-state index contributed by atoms with van der Waals surface area (Å²) in [6.07, 6.45) is 1.73. The SMILES string of the molecule is CCN(Cc1ccccn1)Cc1ccc(C(=O)O)cc1F. The van der Waals surface area contributed by atoms with Crippen molar-refractivity contribution in [3.8, 4) is 0 Å². The fourth-order valence-corrected chi connectivity index (χ4v) is 2.05. The van der Waals surface area contributed by atoms with Crippen LogP contribution in [0.4, 0.5) is 4.39 Å². The highest BCUT2D eigenvalue weighted by atomic mass is 19.1. The van der Waals surface area contributed by atoms with Crippen LogP contribution in [0.25, 0.3) is 0 Å². The average molecular weight is 288 g/mol. The summed E-state index contributed by atoms with van der Waals surface area (Å²) in [5, 5.41) is 8.84. The molecule has 1 N–H and O–H groups in total. The molecule has 1 aromatic heterocycles. The van der Waals surface area contributed by atoms with Crippen LogP contribution in [-0.2, 0) is 13.1 Å². The summed E-state index contributed by atoms with van der Waals surface area (Å²) < 4.78 is 13.9. The zero-order valence-electron chi connectivity index (χ0n) is 11.8. The van der Waals surface area contributed by atoms with Crippen molar-refractivity contribution in [2.45, 2.75) is 20.0 Å². The summed E-state index contributed by atoms with van der Waals surface area (Å²) in [6, 6.07) is 9.70. The lowest BCUT2D eigenvalue weighted by molar-refractivity contribution is 0.0696. The Morgan fingerprint density at radius 1 is 1.29 bits per heavy atom. The molecule has 1 heterocycles. The van der Waals surface area contributed by atoms with Crippen molar-refractivity contribution in [1.82, 2.24) is 9.88 Å². The minimum Gasteiger partial charge on any atom is -0.478 e. The maximum Gasteiger partial charge on any atom is 0.335 e. The van der Waals surface area contributed by atoms with Gasteiger partial charge in [-0.2, -0.15) is 0 Å². The molecule has 4 nitrogen and oxygen atoms in total. The second-order valence-corrected chi connectivity index (χ2v) is 4.74. The van der Waals surface area contributed by atoms with E-state index >= 15 is 0 Å². The molecule has 1 aromatic carbocycles. The Bertz CT molecular complexity index is 617. The normalized spacial score (nSPS) is 10.8. The molecule has 0 bridgehead atoms. The van der Waals surface area contributed by atoms with Gasteiger partial charge in [-0.25, -0.2) is 9.18 Å². The highest BCUT2D eigenvalue weighted by molar-refractivity contribution is 5.87. The minimum atomic E-state index is -1.12. The van der Waals surface area contributed by atoms with Gasteiger partial charge >= 0.3 is 5.97 Å². The van der Waals surface area contributed by atoms with Crippen LogP contribution >= 0.6 is 0 Å². The number of nitrogens with zero attached hydrogens (tertiary/aromatic N) is 2.